The summed E-state index contributed by atoms with van der Waals surface area (Å²) in [6.45, 7) is 12.0. The number of rotatable bonds is 6. The summed E-state index contributed by atoms with van der Waals surface area (Å²) < 4.78 is 0. The number of amides is 1. The first-order valence-electron chi connectivity index (χ1n) is 7.27. The van der Waals surface area contributed by atoms with Gasteiger partial charge >= 0.3 is 0 Å². The molecule has 0 atom stereocenters. The molecule has 0 aliphatic carbocycles. The molecule has 0 saturated heterocycles. The summed E-state index contributed by atoms with van der Waals surface area (Å²) in [5, 5.41) is 0. The van der Waals surface area contributed by atoms with Crippen molar-refractivity contribution >= 4 is 5.91 Å². The highest BCUT2D eigenvalue weighted by Crippen LogP contribution is 2.15. The van der Waals surface area contributed by atoms with Crippen LogP contribution in [-0.2, 0) is 0 Å². The zero-order chi connectivity index (χ0) is 14.4. The summed E-state index contributed by atoms with van der Waals surface area (Å²) in [7, 11) is 0. The molecule has 0 aliphatic rings. The predicted octanol–water partition coefficient (Wildman–Crippen LogP) is 3.78. The van der Waals surface area contributed by atoms with E-state index in [0.29, 0.717) is 11.6 Å². The molecule has 0 bridgehead atoms. The van der Waals surface area contributed by atoms with Crippen LogP contribution >= 0.6 is 0 Å². The van der Waals surface area contributed by atoms with Gasteiger partial charge in [0, 0.05) is 18.8 Å². The molecule has 3 heteroatoms. The van der Waals surface area contributed by atoms with E-state index in [9.17, 15) is 4.79 Å². The number of carbonyl (C=O) groups excluding carboxylic acids is 1. The van der Waals surface area contributed by atoms with E-state index in [2.05, 4.69) is 38.7 Å². The lowest BCUT2D eigenvalue weighted by molar-refractivity contribution is 0.0749. The lowest BCUT2D eigenvalue weighted by Gasteiger charge is -2.21. The molecule has 0 fully saturated rings. The second kappa shape index (κ2) is 7.27. The Hall–Kier alpha value is -1.38. The Balaban J connectivity index is 3.02. The molecule has 1 heterocycles. The second-order valence-corrected chi connectivity index (χ2v) is 5.40. The summed E-state index contributed by atoms with van der Waals surface area (Å²) >= 11 is 0. The van der Waals surface area contributed by atoms with Crippen LogP contribution in [0.3, 0.4) is 0 Å². The monoisotopic (exact) mass is 262 g/mol. The fourth-order valence-electron chi connectivity index (χ4n) is 2.12. The first kappa shape index (κ1) is 15.7. The summed E-state index contributed by atoms with van der Waals surface area (Å²) in [5.41, 5.74) is 2.69. The van der Waals surface area contributed by atoms with Crippen molar-refractivity contribution in [1.82, 2.24) is 9.88 Å². The van der Waals surface area contributed by atoms with Crippen molar-refractivity contribution in [1.29, 1.82) is 0 Å². The maximum Gasteiger partial charge on any atom is 0.272 e. The van der Waals surface area contributed by atoms with Crippen LogP contribution in [-0.4, -0.2) is 28.9 Å². The number of hydrogen-bond acceptors (Lipinski definition) is 2. The Bertz CT molecular complexity index is 421. The van der Waals surface area contributed by atoms with Gasteiger partial charge in [0.15, 0.2) is 0 Å². The largest absolute Gasteiger partial charge is 0.337 e. The van der Waals surface area contributed by atoms with Gasteiger partial charge < -0.3 is 4.90 Å². The van der Waals surface area contributed by atoms with Crippen molar-refractivity contribution in [3.63, 3.8) is 0 Å². The Morgan fingerprint density at radius 3 is 2.26 bits per heavy atom. The normalized spacial score (nSPS) is 10.8. The van der Waals surface area contributed by atoms with Crippen molar-refractivity contribution in [3.05, 3.63) is 29.1 Å². The van der Waals surface area contributed by atoms with E-state index in [1.165, 1.54) is 0 Å². The van der Waals surface area contributed by atoms with E-state index >= 15 is 0 Å². The molecule has 0 saturated carbocycles. The van der Waals surface area contributed by atoms with E-state index < -0.39 is 0 Å². The third-order valence-electron chi connectivity index (χ3n) is 3.07. The molecule has 0 aliphatic heterocycles. The number of hydrogen-bond donors (Lipinski definition) is 0. The average Bonchev–Trinajstić information content (AvgIpc) is 2.37. The van der Waals surface area contributed by atoms with Crippen LogP contribution in [0.5, 0.6) is 0 Å². The molecule has 19 heavy (non-hydrogen) atoms. The number of pyridine rings is 1. The van der Waals surface area contributed by atoms with Crippen molar-refractivity contribution in [2.24, 2.45) is 0 Å². The van der Waals surface area contributed by atoms with Crippen molar-refractivity contribution < 1.29 is 4.79 Å². The summed E-state index contributed by atoms with van der Waals surface area (Å²) in [6.07, 6.45) is 1.96. The molecule has 1 amide bonds. The highest BCUT2D eigenvalue weighted by molar-refractivity contribution is 5.92. The lowest BCUT2D eigenvalue weighted by Crippen LogP contribution is -2.33. The number of aryl methyl sites for hydroxylation is 1. The Kier molecular flexibility index (Phi) is 6.00. The van der Waals surface area contributed by atoms with Gasteiger partial charge in [-0.05, 0) is 43.4 Å². The molecular formula is C16H26N2O. The molecule has 1 aromatic rings. The predicted molar refractivity (Wildman–Crippen MR) is 79.5 cm³/mol. The van der Waals surface area contributed by atoms with Crippen LogP contribution in [0.15, 0.2) is 12.1 Å². The van der Waals surface area contributed by atoms with Crippen LogP contribution in [0.1, 0.15) is 68.2 Å². The topological polar surface area (TPSA) is 33.2 Å². The quantitative estimate of drug-likeness (QED) is 0.781. The van der Waals surface area contributed by atoms with Gasteiger partial charge in [0.1, 0.15) is 5.69 Å². The summed E-state index contributed by atoms with van der Waals surface area (Å²) in [4.78, 5) is 19.0. The van der Waals surface area contributed by atoms with Crippen LogP contribution in [0, 0.1) is 6.92 Å². The molecule has 1 rings (SSSR count). The van der Waals surface area contributed by atoms with Crippen molar-refractivity contribution in [3.8, 4) is 0 Å². The van der Waals surface area contributed by atoms with E-state index in [0.717, 1.165) is 37.2 Å². The number of carbonyl (C=O) groups is 1. The maximum absolute atomic E-state index is 12.5. The molecule has 0 aromatic carbocycles. The minimum Gasteiger partial charge on any atom is -0.337 e. The first-order valence-corrected chi connectivity index (χ1v) is 7.27. The summed E-state index contributed by atoms with van der Waals surface area (Å²) in [6, 6.07) is 3.96. The zero-order valence-corrected chi connectivity index (χ0v) is 12.9. The van der Waals surface area contributed by atoms with Gasteiger partial charge in [-0.1, -0.05) is 27.7 Å². The lowest BCUT2D eigenvalue weighted by atomic mass is 10.1. The molecular weight excluding hydrogens is 236 g/mol. The van der Waals surface area contributed by atoms with Gasteiger partial charge in [-0.25, -0.2) is 4.98 Å². The highest BCUT2D eigenvalue weighted by atomic mass is 16.2. The van der Waals surface area contributed by atoms with E-state index in [1.807, 2.05) is 17.9 Å². The van der Waals surface area contributed by atoms with Crippen molar-refractivity contribution in [2.75, 3.05) is 13.1 Å². The van der Waals surface area contributed by atoms with Gasteiger partial charge in [-0.2, -0.15) is 0 Å². The number of aromatic nitrogens is 1. The Morgan fingerprint density at radius 1 is 1.21 bits per heavy atom. The molecule has 1 aromatic heterocycles. The molecule has 0 unspecified atom stereocenters. The second-order valence-electron chi connectivity index (χ2n) is 5.40. The molecule has 0 N–H and O–H groups in total. The molecule has 0 spiro atoms. The average molecular weight is 262 g/mol. The third-order valence-corrected chi connectivity index (χ3v) is 3.07. The van der Waals surface area contributed by atoms with E-state index in [1.54, 1.807) is 0 Å². The van der Waals surface area contributed by atoms with Gasteiger partial charge in [-0.3, -0.25) is 4.79 Å². The highest BCUT2D eigenvalue weighted by Gasteiger charge is 2.17. The van der Waals surface area contributed by atoms with Crippen LogP contribution in [0.4, 0.5) is 0 Å². The maximum atomic E-state index is 12.5. The first-order chi connectivity index (χ1) is 8.99. The van der Waals surface area contributed by atoms with E-state index in [-0.39, 0.29) is 5.91 Å². The zero-order valence-electron chi connectivity index (χ0n) is 12.9. The van der Waals surface area contributed by atoms with Gasteiger partial charge in [0.2, 0.25) is 0 Å². The van der Waals surface area contributed by atoms with E-state index in [4.69, 9.17) is 0 Å². The van der Waals surface area contributed by atoms with Gasteiger partial charge in [0.05, 0.1) is 0 Å². The fourth-order valence-corrected chi connectivity index (χ4v) is 2.12. The van der Waals surface area contributed by atoms with Gasteiger partial charge in [-0.15, -0.1) is 0 Å². The van der Waals surface area contributed by atoms with Crippen molar-refractivity contribution in [2.45, 2.75) is 53.4 Å². The standard InChI is InChI=1S/C16H26N2O/c1-6-8-18(9-7-2)16(19)15-11-13(5)10-14(17-15)12(3)4/h10-12H,6-9H2,1-5H3. The molecule has 106 valence electrons. The smallest absolute Gasteiger partial charge is 0.272 e. The van der Waals surface area contributed by atoms with Crippen LogP contribution in [0.25, 0.3) is 0 Å². The van der Waals surface area contributed by atoms with Crippen LogP contribution < -0.4 is 0 Å². The SMILES string of the molecule is CCCN(CCC)C(=O)c1cc(C)cc(C(C)C)n1. The third kappa shape index (κ3) is 4.34. The minimum absolute atomic E-state index is 0.0642. The minimum atomic E-state index is 0.0642. The fraction of sp³-hybridized carbons (Fsp3) is 0.625. The van der Waals surface area contributed by atoms with Crippen LogP contribution in [0.2, 0.25) is 0 Å². The Labute approximate surface area is 117 Å². The number of nitrogens with zero attached hydrogens (tertiary/aromatic N) is 2. The molecule has 3 nitrogen and oxygen atoms in total. The molecule has 0 radical (unpaired) electrons. The Morgan fingerprint density at radius 2 is 1.79 bits per heavy atom. The summed E-state index contributed by atoms with van der Waals surface area (Å²) in [5.74, 6) is 0.409. The van der Waals surface area contributed by atoms with Gasteiger partial charge in [0.25, 0.3) is 5.91 Å².